The maximum Gasteiger partial charge on any atom is 0.311 e. The minimum absolute atomic E-state index is 0.164. The number of aliphatic carboxylic acids is 1. The van der Waals surface area contributed by atoms with Gasteiger partial charge in [0.05, 0.1) is 18.1 Å². The lowest BCUT2D eigenvalue weighted by atomic mass is 9.82. The first-order valence-corrected chi connectivity index (χ1v) is 7.05. The van der Waals surface area contributed by atoms with Gasteiger partial charge in [0.2, 0.25) is 0 Å². The zero-order chi connectivity index (χ0) is 15.6. The van der Waals surface area contributed by atoms with Crippen molar-refractivity contribution in [2.75, 3.05) is 20.2 Å². The van der Waals surface area contributed by atoms with Crippen molar-refractivity contribution in [1.82, 2.24) is 4.90 Å². The zero-order valence-electron chi connectivity index (χ0n) is 12.7. The number of carboxylic acid groups (broad SMARTS) is 1. The molecule has 1 aromatic rings. The molecular formula is C16H21NO4. The van der Waals surface area contributed by atoms with Gasteiger partial charge in [-0.3, -0.25) is 9.59 Å². The molecule has 0 aliphatic carbocycles. The van der Waals surface area contributed by atoms with E-state index in [1.54, 1.807) is 24.0 Å². The Kier molecular flexibility index (Phi) is 4.21. The Morgan fingerprint density at radius 1 is 1.38 bits per heavy atom. The maximum absolute atomic E-state index is 12.7. The average Bonchev–Trinajstić information content (AvgIpc) is 2.46. The van der Waals surface area contributed by atoms with E-state index in [9.17, 15) is 14.7 Å². The largest absolute Gasteiger partial charge is 0.496 e. The third-order valence-corrected chi connectivity index (χ3v) is 4.09. The standard InChI is InChI=1S/C16H21NO4/c1-11-5-6-13(21-3)12(9-11)14(18)17-8-4-7-16(2,10-17)15(19)20/h5-6,9H,4,7-8,10H2,1-3H3,(H,19,20). The second-order valence-corrected chi connectivity index (χ2v) is 5.90. The number of rotatable bonds is 3. The van der Waals surface area contributed by atoms with Gasteiger partial charge in [-0.25, -0.2) is 0 Å². The molecule has 21 heavy (non-hydrogen) atoms. The third-order valence-electron chi connectivity index (χ3n) is 4.09. The molecule has 1 unspecified atom stereocenters. The van der Waals surface area contributed by atoms with Crippen LogP contribution in [0.3, 0.4) is 0 Å². The zero-order valence-corrected chi connectivity index (χ0v) is 12.7. The number of hydrogen-bond acceptors (Lipinski definition) is 3. The van der Waals surface area contributed by atoms with E-state index in [1.165, 1.54) is 7.11 Å². The molecule has 0 radical (unpaired) electrons. The minimum Gasteiger partial charge on any atom is -0.496 e. The molecule has 2 rings (SSSR count). The van der Waals surface area contributed by atoms with Crippen molar-refractivity contribution in [2.45, 2.75) is 26.7 Å². The van der Waals surface area contributed by atoms with Crippen LogP contribution in [0.4, 0.5) is 0 Å². The number of amides is 1. The Hall–Kier alpha value is -2.04. The van der Waals surface area contributed by atoms with E-state index < -0.39 is 11.4 Å². The van der Waals surface area contributed by atoms with E-state index in [0.717, 1.165) is 5.56 Å². The second-order valence-electron chi connectivity index (χ2n) is 5.90. The van der Waals surface area contributed by atoms with Gasteiger partial charge < -0.3 is 14.7 Å². The Morgan fingerprint density at radius 2 is 2.10 bits per heavy atom. The van der Waals surface area contributed by atoms with E-state index >= 15 is 0 Å². The van der Waals surface area contributed by atoms with E-state index in [-0.39, 0.29) is 12.5 Å². The van der Waals surface area contributed by atoms with Crippen LogP contribution in [0.2, 0.25) is 0 Å². The topological polar surface area (TPSA) is 66.8 Å². The molecule has 5 nitrogen and oxygen atoms in total. The van der Waals surface area contributed by atoms with Crippen LogP contribution >= 0.6 is 0 Å². The fourth-order valence-electron chi connectivity index (χ4n) is 2.75. The highest BCUT2D eigenvalue weighted by Crippen LogP contribution is 2.31. The van der Waals surface area contributed by atoms with Crippen LogP contribution in [0.1, 0.15) is 35.7 Å². The molecule has 1 N–H and O–H groups in total. The molecule has 0 spiro atoms. The first kappa shape index (κ1) is 15.4. The molecule has 0 aromatic heterocycles. The lowest BCUT2D eigenvalue weighted by Crippen LogP contribution is -2.48. The van der Waals surface area contributed by atoms with Crippen LogP contribution in [0.15, 0.2) is 18.2 Å². The van der Waals surface area contributed by atoms with Crippen LogP contribution in [0.5, 0.6) is 5.75 Å². The summed E-state index contributed by atoms with van der Waals surface area (Å²) in [6.07, 6.45) is 1.29. The lowest BCUT2D eigenvalue weighted by molar-refractivity contribution is -0.150. The van der Waals surface area contributed by atoms with Crippen molar-refractivity contribution < 1.29 is 19.4 Å². The number of likely N-dealkylation sites (tertiary alicyclic amines) is 1. The smallest absolute Gasteiger partial charge is 0.311 e. The molecule has 1 atom stereocenters. The molecule has 1 aliphatic rings. The first-order chi connectivity index (χ1) is 9.87. The van der Waals surface area contributed by atoms with Gasteiger partial charge in [-0.15, -0.1) is 0 Å². The summed E-state index contributed by atoms with van der Waals surface area (Å²) >= 11 is 0. The van der Waals surface area contributed by atoms with Gasteiger partial charge >= 0.3 is 5.97 Å². The highest BCUT2D eigenvalue weighted by atomic mass is 16.5. The molecule has 1 heterocycles. The van der Waals surface area contributed by atoms with Crippen molar-refractivity contribution in [1.29, 1.82) is 0 Å². The normalized spacial score (nSPS) is 22.0. The molecule has 0 saturated carbocycles. The highest BCUT2D eigenvalue weighted by molar-refractivity contribution is 5.97. The Bertz CT molecular complexity index is 569. The number of piperidine rings is 1. The SMILES string of the molecule is COc1ccc(C)cc1C(=O)N1CCCC(C)(C(=O)O)C1. The van der Waals surface area contributed by atoms with E-state index in [0.29, 0.717) is 30.7 Å². The Labute approximate surface area is 124 Å². The van der Waals surface area contributed by atoms with Crippen molar-refractivity contribution in [2.24, 2.45) is 5.41 Å². The monoisotopic (exact) mass is 291 g/mol. The number of carbonyl (C=O) groups is 2. The molecule has 0 bridgehead atoms. The number of carbonyl (C=O) groups excluding carboxylic acids is 1. The first-order valence-electron chi connectivity index (χ1n) is 7.05. The van der Waals surface area contributed by atoms with Gasteiger partial charge in [-0.1, -0.05) is 11.6 Å². The third kappa shape index (κ3) is 3.01. The van der Waals surface area contributed by atoms with Gasteiger partial charge in [0, 0.05) is 13.1 Å². The number of carboxylic acids is 1. The summed E-state index contributed by atoms with van der Waals surface area (Å²) in [5.41, 5.74) is 0.592. The van der Waals surface area contributed by atoms with E-state index in [1.807, 2.05) is 13.0 Å². The molecule has 114 valence electrons. The minimum atomic E-state index is -0.870. The molecule has 1 fully saturated rings. The molecule has 1 aliphatic heterocycles. The summed E-state index contributed by atoms with van der Waals surface area (Å²) in [5, 5.41) is 9.35. The van der Waals surface area contributed by atoms with Crippen molar-refractivity contribution in [3.63, 3.8) is 0 Å². The fraction of sp³-hybridized carbons (Fsp3) is 0.500. The number of nitrogens with zero attached hydrogens (tertiary/aromatic N) is 1. The van der Waals surface area contributed by atoms with Crippen LogP contribution in [-0.4, -0.2) is 42.1 Å². The quantitative estimate of drug-likeness (QED) is 0.928. The highest BCUT2D eigenvalue weighted by Gasteiger charge is 2.39. The predicted octanol–water partition coefficient (Wildman–Crippen LogP) is 2.33. The number of aryl methyl sites for hydroxylation is 1. The Morgan fingerprint density at radius 3 is 2.71 bits per heavy atom. The van der Waals surface area contributed by atoms with E-state index in [2.05, 4.69) is 0 Å². The molecular weight excluding hydrogens is 270 g/mol. The van der Waals surface area contributed by atoms with Crippen LogP contribution in [-0.2, 0) is 4.79 Å². The number of ether oxygens (including phenoxy) is 1. The van der Waals surface area contributed by atoms with Crippen molar-refractivity contribution >= 4 is 11.9 Å². The Balaban J connectivity index is 2.28. The lowest BCUT2D eigenvalue weighted by Gasteiger charge is -2.37. The summed E-state index contributed by atoms with van der Waals surface area (Å²) in [4.78, 5) is 25.7. The molecule has 1 amide bonds. The van der Waals surface area contributed by atoms with Gasteiger partial charge in [-0.05, 0) is 38.8 Å². The number of hydrogen-bond donors (Lipinski definition) is 1. The summed E-state index contributed by atoms with van der Waals surface area (Å²) < 4.78 is 5.25. The van der Waals surface area contributed by atoms with Crippen LogP contribution < -0.4 is 4.74 Å². The van der Waals surface area contributed by atoms with Gasteiger partial charge in [0.25, 0.3) is 5.91 Å². The number of benzene rings is 1. The van der Waals surface area contributed by atoms with Crippen LogP contribution in [0, 0.1) is 12.3 Å². The molecule has 1 saturated heterocycles. The average molecular weight is 291 g/mol. The van der Waals surface area contributed by atoms with Gasteiger partial charge in [0.1, 0.15) is 5.75 Å². The van der Waals surface area contributed by atoms with Crippen molar-refractivity contribution in [3.8, 4) is 5.75 Å². The number of methoxy groups -OCH3 is 1. The summed E-state index contributed by atoms with van der Waals surface area (Å²) in [6.45, 7) is 4.42. The van der Waals surface area contributed by atoms with Crippen molar-refractivity contribution in [3.05, 3.63) is 29.3 Å². The summed E-state index contributed by atoms with van der Waals surface area (Å²) in [6, 6.07) is 5.43. The van der Waals surface area contributed by atoms with Gasteiger partial charge in [0.15, 0.2) is 0 Å². The molecule has 1 aromatic carbocycles. The fourth-order valence-corrected chi connectivity index (χ4v) is 2.75. The maximum atomic E-state index is 12.7. The predicted molar refractivity (Wildman–Crippen MR) is 78.6 cm³/mol. The van der Waals surface area contributed by atoms with E-state index in [4.69, 9.17) is 4.74 Å². The van der Waals surface area contributed by atoms with Gasteiger partial charge in [-0.2, -0.15) is 0 Å². The summed E-state index contributed by atoms with van der Waals surface area (Å²) in [5.74, 6) is -0.493. The molecule has 5 heteroatoms. The summed E-state index contributed by atoms with van der Waals surface area (Å²) in [7, 11) is 1.53. The van der Waals surface area contributed by atoms with Crippen LogP contribution in [0.25, 0.3) is 0 Å². The second kappa shape index (κ2) is 5.76.